The van der Waals surface area contributed by atoms with Gasteiger partial charge < -0.3 is 15.7 Å². The van der Waals surface area contributed by atoms with Crippen molar-refractivity contribution in [1.29, 1.82) is 0 Å². The molecule has 23 heavy (non-hydrogen) atoms. The summed E-state index contributed by atoms with van der Waals surface area (Å²) in [5.41, 5.74) is 8.37. The average molecular weight is 321 g/mol. The Labute approximate surface area is 142 Å². The highest BCUT2D eigenvalue weighted by molar-refractivity contribution is 5.49. The van der Waals surface area contributed by atoms with Crippen molar-refractivity contribution in [2.45, 2.75) is 71.3 Å². The molecule has 1 aromatic carbocycles. The molecule has 0 spiro atoms. The SMILES string of the molecule is CC.CCCCCCCc1ccc(N2CCC(N)(CO)C2)cc1. The molecular formula is C20H36N2O. The lowest BCUT2D eigenvalue weighted by atomic mass is 10.0. The number of anilines is 1. The van der Waals surface area contributed by atoms with Crippen LogP contribution in [0.4, 0.5) is 5.69 Å². The normalized spacial score (nSPS) is 20.3. The molecule has 3 N–H and O–H groups in total. The molecule has 0 radical (unpaired) electrons. The average Bonchev–Trinajstić information content (AvgIpc) is 3.00. The summed E-state index contributed by atoms with van der Waals surface area (Å²) in [4.78, 5) is 2.28. The van der Waals surface area contributed by atoms with Crippen molar-refractivity contribution in [1.82, 2.24) is 0 Å². The van der Waals surface area contributed by atoms with Gasteiger partial charge in [0.2, 0.25) is 0 Å². The van der Waals surface area contributed by atoms with Crippen LogP contribution in [0.2, 0.25) is 0 Å². The van der Waals surface area contributed by atoms with Crippen LogP contribution in [0.25, 0.3) is 0 Å². The van der Waals surface area contributed by atoms with Gasteiger partial charge in [-0.2, -0.15) is 0 Å². The Morgan fingerprint density at radius 3 is 2.30 bits per heavy atom. The van der Waals surface area contributed by atoms with Gasteiger partial charge in [0.05, 0.1) is 12.1 Å². The standard InChI is InChI=1S/C18H30N2O.C2H6/c1-2-3-4-5-6-7-16-8-10-17(11-9-16)20-13-12-18(19,14-20)15-21;1-2/h8-11,21H,2-7,12-15,19H2,1H3;1-2H3. The van der Waals surface area contributed by atoms with Crippen LogP contribution in [0.1, 0.15) is 64.9 Å². The molecule has 3 heteroatoms. The van der Waals surface area contributed by atoms with Gasteiger partial charge in [-0.3, -0.25) is 0 Å². The molecule has 0 aliphatic carbocycles. The molecule has 1 fully saturated rings. The van der Waals surface area contributed by atoms with Crippen LogP contribution >= 0.6 is 0 Å². The highest BCUT2D eigenvalue weighted by Gasteiger charge is 2.33. The number of hydrogen-bond acceptors (Lipinski definition) is 3. The molecule has 3 nitrogen and oxygen atoms in total. The van der Waals surface area contributed by atoms with E-state index in [2.05, 4.69) is 36.1 Å². The molecule has 0 amide bonds. The van der Waals surface area contributed by atoms with Gasteiger partial charge in [0.15, 0.2) is 0 Å². The zero-order chi connectivity index (χ0) is 17.1. The summed E-state index contributed by atoms with van der Waals surface area (Å²) < 4.78 is 0. The van der Waals surface area contributed by atoms with Crippen LogP contribution in [0.3, 0.4) is 0 Å². The minimum atomic E-state index is -0.419. The fourth-order valence-corrected chi connectivity index (χ4v) is 3.05. The van der Waals surface area contributed by atoms with Crippen LogP contribution in [-0.4, -0.2) is 30.3 Å². The summed E-state index contributed by atoms with van der Waals surface area (Å²) >= 11 is 0. The molecule has 0 saturated carbocycles. The van der Waals surface area contributed by atoms with E-state index in [1.807, 2.05) is 13.8 Å². The van der Waals surface area contributed by atoms with Gasteiger partial charge in [0.25, 0.3) is 0 Å². The predicted octanol–water partition coefficient (Wildman–Crippen LogP) is 4.13. The van der Waals surface area contributed by atoms with E-state index in [-0.39, 0.29) is 6.61 Å². The lowest BCUT2D eigenvalue weighted by molar-refractivity contribution is 0.210. The number of unbranched alkanes of at least 4 members (excludes halogenated alkanes) is 4. The summed E-state index contributed by atoms with van der Waals surface area (Å²) in [6.07, 6.45) is 8.71. The first kappa shape index (κ1) is 20.0. The van der Waals surface area contributed by atoms with Gasteiger partial charge >= 0.3 is 0 Å². The quantitative estimate of drug-likeness (QED) is 0.708. The Balaban J connectivity index is 0.00000127. The molecule has 0 bridgehead atoms. The van der Waals surface area contributed by atoms with Crippen LogP contribution in [0.5, 0.6) is 0 Å². The molecule has 2 rings (SSSR count). The van der Waals surface area contributed by atoms with Gasteiger partial charge in [0, 0.05) is 18.8 Å². The summed E-state index contributed by atoms with van der Waals surface area (Å²) in [7, 11) is 0. The van der Waals surface area contributed by atoms with E-state index in [1.54, 1.807) is 0 Å². The van der Waals surface area contributed by atoms with Gasteiger partial charge in [0.1, 0.15) is 0 Å². The molecule has 1 heterocycles. The van der Waals surface area contributed by atoms with E-state index < -0.39 is 5.54 Å². The number of benzene rings is 1. The van der Waals surface area contributed by atoms with Crippen molar-refractivity contribution < 1.29 is 5.11 Å². The fourth-order valence-electron chi connectivity index (χ4n) is 3.05. The van der Waals surface area contributed by atoms with Crippen molar-refractivity contribution >= 4 is 5.69 Å². The van der Waals surface area contributed by atoms with E-state index in [4.69, 9.17) is 5.73 Å². The molecule has 1 atom stereocenters. The van der Waals surface area contributed by atoms with Gasteiger partial charge in [-0.25, -0.2) is 0 Å². The highest BCUT2D eigenvalue weighted by Crippen LogP contribution is 2.25. The molecule has 1 aliphatic heterocycles. The summed E-state index contributed by atoms with van der Waals surface area (Å²) in [6.45, 7) is 8.01. The third-order valence-electron chi connectivity index (χ3n) is 4.57. The first-order chi connectivity index (χ1) is 11.2. The van der Waals surface area contributed by atoms with E-state index in [1.165, 1.54) is 49.8 Å². The van der Waals surface area contributed by atoms with Crippen molar-refractivity contribution in [2.75, 3.05) is 24.6 Å². The van der Waals surface area contributed by atoms with Crippen LogP contribution in [0.15, 0.2) is 24.3 Å². The number of aliphatic hydroxyl groups excluding tert-OH is 1. The van der Waals surface area contributed by atoms with E-state index >= 15 is 0 Å². The largest absolute Gasteiger partial charge is 0.394 e. The Morgan fingerprint density at radius 1 is 1.09 bits per heavy atom. The second-order valence-electron chi connectivity index (χ2n) is 6.52. The number of nitrogens with two attached hydrogens (primary N) is 1. The van der Waals surface area contributed by atoms with Crippen LogP contribution in [-0.2, 0) is 6.42 Å². The van der Waals surface area contributed by atoms with Crippen molar-refractivity contribution in [3.8, 4) is 0 Å². The topological polar surface area (TPSA) is 49.5 Å². The Hall–Kier alpha value is -1.06. The Kier molecular flexibility index (Phi) is 9.27. The Morgan fingerprint density at radius 2 is 1.74 bits per heavy atom. The molecule has 0 aromatic heterocycles. The minimum absolute atomic E-state index is 0.0688. The lowest BCUT2D eigenvalue weighted by Gasteiger charge is -2.23. The molecule has 132 valence electrons. The Bertz CT molecular complexity index is 418. The zero-order valence-corrected chi connectivity index (χ0v) is 15.4. The maximum absolute atomic E-state index is 9.34. The number of hydrogen-bond donors (Lipinski definition) is 2. The second kappa shape index (κ2) is 10.7. The molecule has 1 aliphatic rings. The first-order valence-electron chi connectivity index (χ1n) is 9.40. The van der Waals surface area contributed by atoms with E-state index in [0.29, 0.717) is 0 Å². The van der Waals surface area contributed by atoms with Crippen molar-refractivity contribution in [3.63, 3.8) is 0 Å². The van der Waals surface area contributed by atoms with E-state index in [9.17, 15) is 5.11 Å². The highest BCUT2D eigenvalue weighted by atomic mass is 16.3. The monoisotopic (exact) mass is 320 g/mol. The number of rotatable bonds is 8. The summed E-state index contributed by atoms with van der Waals surface area (Å²) in [5, 5.41) is 9.34. The van der Waals surface area contributed by atoms with Crippen molar-refractivity contribution in [3.05, 3.63) is 29.8 Å². The van der Waals surface area contributed by atoms with Gasteiger partial charge in [-0.1, -0.05) is 58.6 Å². The fraction of sp³-hybridized carbons (Fsp3) is 0.700. The number of aryl methyl sites for hydroxylation is 1. The number of aliphatic hydroxyl groups is 1. The number of nitrogens with zero attached hydrogens (tertiary/aromatic N) is 1. The van der Waals surface area contributed by atoms with E-state index in [0.717, 1.165) is 19.5 Å². The van der Waals surface area contributed by atoms with Crippen LogP contribution in [0, 0.1) is 0 Å². The van der Waals surface area contributed by atoms with Gasteiger partial charge in [-0.15, -0.1) is 0 Å². The molecule has 1 saturated heterocycles. The maximum atomic E-state index is 9.34. The van der Waals surface area contributed by atoms with Crippen molar-refractivity contribution in [2.24, 2.45) is 5.73 Å². The van der Waals surface area contributed by atoms with Crippen LogP contribution < -0.4 is 10.6 Å². The molecule has 1 aromatic rings. The third-order valence-corrected chi connectivity index (χ3v) is 4.57. The molecule has 1 unspecified atom stereocenters. The third kappa shape index (κ3) is 6.52. The zero-order valence-electron chi connectivity index (χ0n) is 15.4. The summed E-state index contributed by atoms with van der Waals surface area (Å²) in [5.74, 6) is 0. The first-order valence-corrected chi connectivity index (χ1v) is 9.40. The minimum Gasteiger partial charge on any atom is -0.394 e. The smallest absolute Gasteiger partial charge is 0.0629 e. The summed E-state index contributed by atoms with van der Waals surface area (Å²) in [6, 6.07) is 8.88. The molecular weight excluding hydrogens is 284 g/mol. The maximum Gasteiger partial charge on any atom is 0.0629 e. The lowest BCUT2D eigenvalue weighted by Crippen LogP contribution is -2.46. The second-order valence-corrected chi connectivity index (χ2v) is 6.52. The van der Waals surface area contributed by atoms with Gasteiger partial charge in [-0.05, 0) is 37.0 Å². The predicted molar refractivity (Wildman–Crippen MR) is 101 cm³/mol.